The largest absolute Gasteiger partial charge is 0.468 e. The minimum atomic E-state index is -3.76. The van der Waals surface area contributed by atoms with E-state index >= 15 is 0 Å². The van der Waals surface area contributed by atoms with Crippen LogP contribution in [0.5, 0.6) is 0 Å². The minimum Gasteiger partial charge on any atom is -0.468 e. The van der Waals surface area contributed by atoms with Crippen LogP contribution in [-0.4, -0.2) is 51.6 Å². The Morgan fingerprint density at radius 3 is 2.71 bits per heavy atom. The third-order valence-corrected chi connectivity index (χ3v) is 5.54. The molecule has 1 unspecified atom stereocenters. The molecule has 1 fully saturated rings. The van der Waals surface area contributed by atoms with E-state index in [9.17, 15) is 13.2 Å². The van der Waals surface area contributed by atoms with Gasteiger partial charge in [0.1, 0.15) is 6.04 Å². The Hall–Kier alpha value is -1.44. The van der Waals surface area contributed by atoms with Crippen LogP contribution < -0.4 is 0 Å². The van der Waals surface area contributed by atoms with E-state index in [2.05, 4.69) is 4.74 Å². The molecule has 1 heterocycles. The smallest absolute Gasteiger partial charge is 0.326 e. The van der Waals surface area contributed by atoms with Crippen molar-refractivity contribution >= 4 is 16.0 Å². The molecule has 1 aromatic carbocycles. The summed E-state index contributed by atoms with van der Waals surface area (Å²) in [6, 6.07) is 4.19. The molecule has 1 atom stereocenters. The molecule has 6 nitrogen and oxygen atoms in total. The molecule has 0 N–H and O–H groups in total. The van der Waals surface area contributed by atoms with Crippen molar-refractivity contribution in [1.29, 1.82) is 0 Å². The molecule has 1 aliphatic heterocycles. The van der Waals surface area contributed by atoms with Crippen molar-refractivity contribution in [3.63, 3.8) is 0 Å². The van der Waals surface area contributed by atoms with Crippen LogP contribution in [-0.2, 0) is 24.3 Å². The second kappa shape index (κ2) is 6.13. The van der Waals surface area contributed by atoms with Gasteiger partial charge in [-0.1, -0.05) is 17.7 Å². The van der Waals surface area contributed by atoms with E-state index in [0.717, 1.165) is 5.56 Å². The molecule has 7 heteroatoms. The number of esters is 1. The molecular weight excluding hydrogens is 294 g/mol. The van der Waals surface area contributed by atoms with Crippen LogP contribution in [0.2, 0.25) is 0 Å². The SMILES string of the molecule is COC(=O)C1COCCN1S(=O)(=O)c1ccc(C)cc1C. The van der Waals surface area contributed by atoms with Gasteiger partial charge in [0.15, 0.2) is 0 Å². The van der Waals surface area contributed by atoms with E-state index in [-0.39, 0.29) is 24.7 Å². The second-order valence-electron chi connectivity index (χ2n) is 5.00. The fourth-order valence-corrected chi connectivity index (χ4v) is 4.17. The van der Waals surface area contributed by atoms with E-state index in [0.29, 0.717) is 5.56 Å². The maximum absolute atomic E-state index is 12.8. The number of sulfonamides is 1. The monoisotopic (exact) mass is 313 g/mol. The summed E-state index contributed by atoms with van der Waals surface area (Å²) in [6.45, 7) is 4.05. The van der Waals surface area contributed by atoms with Gasteiger partial charge in [-0.2, -0.15) is 4.31 Å². The van der Waals surface area contributed by atoms with Gasteiger partial charge in [-0.3, -0.25) is 4.79 Å². The van der Waals surface area contributed by atoms with E-state index in [4.69, 9.17) is 4.74 Å². The van der Waals surface area contributed by atoms with Crippen LogP contribution in [0.4, 0.5) is 0 Å². The molecule has 2 rings (SSSR count). The summed E-state index contributed by atoms with van der Waals surface area (Å²) in [5.41, 5.74) is 1.64. The Bertz CT molecular complexity index is 641. The number of carbonyl (C=O) groups excluding carboxylic acids is 1. The number of benzene rings is 1. The van der Waals surface area contributed by atoms with Gasteiger partial charge in [0.25, 0.3) is 0 Å². The summed E-state index contributed by atoms with van der Waals surface area (Å²) in [4.78, 5) is 12.0. The van der Waals surface area contributed by atoms with Gasteiger partial charge in [0, 0.05) is 6.54 Å². The van der Waals surface area contributed by atoms with Crippen LogP contribution in [0.3, 0.4) is 0 Å². The minimum absolute atomic E-state index is 0.0107. The molecule has 0 aromatic heterocycles. The number of hydrogen-bond donors (Lipinski definition) is 0. The Balaban J connectivity index is 2.43. The molecule has 0 bridgehead atoms. The maximum atomic E-state index is 12.8. The number of nitrogens with zero attached hydrogens (tertiary/aromatic N) is 1. The fraction of sp³-hybridized carbons (Fsp3) is 0.500. The summed E-state index contributed by atoms with van der Waals surface area (Å²) >= 11 is 0. The first-order chi connectivity index (χ1) is 9.87. The lowest BCUT2D eigenvalue weighted by atomic mass is 10.2. The van der Waals surface area contributed by atoms with Crippen molar-refractivity contribution in [1.82, 2.24) is 4.31 Å². The van der Waals surface area contributed by atoms with Gasteiger partial charge >= 0.3 is 5.97 Å². The molecule has 1 saturated heterocycles. The summed E-state index contributed by atoms with van der Waals surface area (Å²) in [5, 5.41) is 0. The van der Waals surface area contributed by atoms with Gasteiger partial charge < -0.3 is 9.47 Å². The van der Waals surface area contributed by atoms with E-state index in [1.807, 2.05) is 6.92 Å². The molecular formula is C14H19NO5S. The lowest BCUT2D eigenvalue weighted by Crippen LogP contribution is -2.52. The average molecular weight is 313 g/mol. The first-order valence-electron chi connectivity index (χ1n) is 6.62. The number of carbonyl (C=O) groups is 1. The first kappa shape index (κ1) is 15.9. The van der Waals surface area contributed by atoms with Crippen molar-refractivity contribution in [3.8, 4) is 0 Å². The molecule has 0 saturated carbocycles. The zero-order valence-corrected chi connectivity index (χ0v) is 13.1. The molecule has 0 radical (unpaired) electrons. The quantitative estimate of drug-likeness (QED) is 0.774. The molecule has 1 aliphatic rings. The van der Waals surface area contributed by atoms with Gasteiger partial charge in [0.05, 0.1) is 25.2 Å². The Kier molecular flexibility index (Phi) is 4.65. The number of hydrogen-bond acceptors (Lipinski definition) is 5. The highest BCUT2D eigenvalue weighted by Crippen LogP contribution is 2.24. The lowest BCUT2D eigenvalue weighted by molar-refractivity contribution is -0.149. The highest BCUT2D eigenvalue weighted by molar-refractivity contribution is 7.89. The van der Waals surface area contributed by atoms with Crippen LogP contribution >= 0.6 is 0 Å². The first-order valence-corrected chi connectivity index (χ1v) is 8.06. The number of aryl methyl sites for hydroxylation is 2. The summed E-state index contributed by atoms with van der Waals surface area (Å²) in [7, 11) is -2.53. The molecule has 21 heavy (non-hydrogen) atoms. The van der Waals surface area contributed by atoms with E-state index < -0.39 is 22.0 Å². The van der Waals surface area contributed by atoms with Crippen molar-refractivity contribution in [3.05, 3.63) is 29.3 Å². The zero-order chi connectivity index (χ0) is 15.6. The van der Waals surface area contributed by atoms with Crippen molar-refractivity contribution < 1.29 is 22.7 Å². The number of methoxy groups -OCH3 is 1. The zero-order valence-electron chi connectivity index (χ0n) is 12.3. The number of morpholine rings is 1. The predicted octanol–water partition coefficient (Wildman–Crippen LogP) is 0.866. The van der Waals surface area contributed by atoms with Crippen LogP contribution in [0.1, 0.15) is 11.1 Å². The Morgan fingerprint density at radius 1 is 1.38 bits per heavy atom. The Labute approximate surface area is 124 Å². The second-order valence-corrected chi connectivity index (χ2v) is 6.86. The van der Waals surface area contributed by atoms with Crippen molar-refractivity contribution in [2.24, 2.45) is 0 Å². The number of rotatable bonds is 3. The fourth-order valence-electron chi connectivity index (χ4n) is 2.41. The maximum Gasteiger partial charge on any atom is 0.326 e. The Morgan fingerprint density at radius 2 is 2.10 bits per heavy atom. The van der Waals surface area contributed by atoms with Gasteiger partial charge in [-0.15, -0.1) is 0 Å². The summed E-state index contributed by atoms with van der Waals surface area (Å²) < 4.78 is 36.7. The van der Waals surface area contributed by atoms with Crippen LogP contribution in [0.15, 0.2) is 23.1 Å². The number of ether oxygens (including phenoxy) is 2. The molecule has 1 aromatic rings. The summed E-state index contributed by atoms with van der Waals surface area (Å²) in [6.07, 6.45) is 0. The third-order valence-electron chi connectivity index (χ3n) is 3.47. The molecule has 116 valence electrons. The lowest BCUT2D eigenvalue weighted by Gasteiger charge is -2.33. The standard InChI is InChI=1S/C14H19NO5S/c1-10-4-5-13(11(2)8-10)21(17,18)15-6-7-20-9-12(15)14(16)19-3/h4-5,8,12H,6-7,9H2,1-3H3. The third kappa shape index (κ3) is 3.09. The predicted molar refractivity (Wildman–Crippen MR) is 76.4 cm³/mol. The normalized spacial score (nSPS) is 20.2. The van der Waals surface area contributed by atoms with E-state index in [1.54, 1.807) is 25.1 Å². The highest BCUT2D eigenvalue weighted by atomic mass is 32.2. The molecule has 0 amide bonds. The summed E-state index contributed by atoms with van der Waals surface area (Å²) in [5.74, 6) is -0.608. The van der Waals surface area contributed by atoms with Crippen molar-refractivity contribution in [2.45, 2.75) is 24.8 Å². The van der Waals surface area contributed by atoms with Gasteiger partial charge in [-0.25, -0.2) is 8.42 Å². The topological polar surface area (TPSA) is 72.9 Å². The van der Waals surface area contributed by atoms with E-state index in [1.165, 1.54) is 11.4 Å². The van der Waals surface area contributed by atoms with Crippen LogP contribution in [0, 0.1) is 13.8 Å². The van der Waals surface area contributed by atoms with Crippen LogP contribution in [0.25, 0.3) is 0 Å². The molecule has 0 spiro atoms. The molecule has 0 aliphatic carbocycles. The van der Waals surface area contributed by atoms with Crippen molar-refractivity contribution in [2.75, 3.05) is 26.9 Å². The average Bonchev–Trinajstić information content (AvgIpc) is 2.46. The van der Waals surface area contributed by atoms with Gasteiger partial charge in [0.2, 0.25) is 10.0 Å². The van der Waals surface area contributed by atoms with Gasteiger partial charge in [-0.05, 0) is 25.5 Å². The highest BCUT2D eigenvalue weighted by Gasteiger charge is 2.39.